The summed E-state index contributed by atoms with van der Waals surface area (Å²) in [5.41, 5.74) is 0. The highest BCUT2D eigenvalue weighted by Crippen LogP contribution is 2.03. The minimum Gasteiger partial charge on any atom is -0.380 e. The first-order valence-corrected chi connectivity index (χ1v) is 3.18. The maximum absolute atomic E-state index is 5.21. The van der Waals surface area contributed by atoms with Crippen molar-refractivity contribution in [3.8, 4) is 0 Å². The molecule has 0 radical (unpaired) electrons. The highest BCUT2D eigenvalue weighted by Gasteiger charge is 2.09. The van der Waals surface area contributed by atoms with Gasteiger partial charge >= 0.3 is 0 Å². The molecule has 0 saturated carbocycles. The normalized spacial score (nSPS) is 30.4. The van der Waals surface area contributed by atoms with Gasteiger partial charge in [0.2, 0.25) is 0 Å². The Bertz CT molecular complexity index is 59.5. The molecule has 1 atom stereocenters. The topological polar surface area (TPSA) is 21.3 Å². The fourth-order valence-corrected chi connectivity index (χ4v) is 0.968. The number of rotatable bonds is 1. The molecule has 1 aliphatic heterocycles. The van der Waals surface area contributed by atoms with Crippen LogP contribution in [-0.4, -0.2) is 26.3 Å². The summed E-state index contributed by atoms with van der Waals surface area (Å²) in [5, 5.41) is 3.18. The Balaban J connectivity index is 2.13. The molecule has 1 unspecified atom stereocenters. The highest BCUT2D eigenvalue weighted by atomic mass is 16.5. The molecule has 1 saturated heterocycles. The lowest BCUT2D eigenvalue weighted by molar-refractivity contribution is 0.0730. The van der Waals surface area contributed by atoms with Crippen LogP contribution in [0.4, 0.5) is 0 Å². The van der Waals surface area contributed by atoms with Crippen LogP contribution in [0.2, 0.25) is 0 Å². The molecule has 1 aliphatic rings. The first kappa shape index (κ1) is 6.05. The highest BCUT2D eigenvalue weighted by molar-refractivity contribution is 4.66. The van der Waals surface area contributed by atoms with Crippen LogP contribution in [0.5, 0.6) is 0 Å². The molecule has 0 aromatic carbocycles. The summed E-state index contributed by atoms with van der Waals surface area (Å²) < 4.78 is 5.21. The Morgan fingerprint density at radius 2 is 2.50 bits per heavy atom. The van der Waals surface area contributed by atoms with Crippen LogP contribution >= 0.6 is 0 Å². The van der Waals surface area contributed by atoms with E-state index in [1.54, 1.807) is 0 Å². The van der Waals surface area contributed by atoms with Gasteiger partial charge < -0.3 is 10.1 Å². The molecule has 48 valence electrons. The first-order chi connectivity index (χ1) is 3.93. The third kappa shape index (κ3) is 1.46. The third-order valence-corrected chi connectivity index (χ3v) is 1.57. The second kappa shape index (κ2) is 3.05. The number of ether oxygens (including phenoxy) is 1. The smallest absolute Gasteiger partial charge is 0.0619 e. The van der Waals surface area contributed by atoms with Crippen molar-refractivity contribution in [3.05, 3.63) is 0 Å². The number of hydrogen-bond donors (Lipinski definition) is 1. The second-order valence-corrected chi connectivity index (χ2v) is 2.20. The van der Waals surface area contributed by atoms with E-state index in [0.717, 1.165) is 13.2 Å². The van der Waals surface area contributed by atoms with Gasteiger partial charge in [0.25, 0.3) is 0 Å². The summed E-state index contributed by atoms with van der Waals surface area (Å²) in [7, 11) is 1.99. The Morgan fingerprint density at radius 3 is 2.88 bits per heavy atom. The lowest BCUT2D eigenvalue weighted by Gasteiger charge is -2.20. The van der Waals surface area contributed by atoms with E-state index in [2.05, 4.69) is 5.32 Å². The molecule has 2 heteroatoms. The minimum atomic E-state index is 0.615. The van der Waals surface area contributed by atoms with Gasteiger partial charge in [0.1, 0.15) is 0 Å². The summed E-state index contributed by atoms with van der Waals surface area (Å²) >= 11 is 0. The molecule has 0 spiro atoms. The van der Waals surface area contributed by atoms with Crippen molar-refractivity contribution in [1.29, 1.82) is 0 Å². The van der Waals surface area contributed by atoms with E-state index < -0.39 is 0 Å². The maximum Gasteiger partial charge on any atom is 0.0619 e. The van der Waals surface area contributed by atoms with Crippen LogP contribution < -0.4 is 5.32 Å². The van der Waals surface area contributed by atoms with Gasteiger partial charge in [-0.05, 0) is 19.9 Å². The summed E-state index contributed by atoms with van der Waals surface area (Å²) in [6, 6.07) is 0.615. The standard InChI is InChI=1S/C6H13NO/c1-7-6-3-2-4-8-5-6/h6-7H,2-5H2,1H3. The van der Waals surface area contributed by atoms with Crippen LogP contribution in [0, 0.1) is 0 Å². The number of nitrogens with one attached hydrogen (secondary N) is 1. The van der Waals surface area contributed by atoms with Crippen molar-refractivity contribution in [3.63, 3.8) is 0 Å². The zero-order chi connectivity index (χ0) is 5.82. The molecule has 0 amide bonds. The Morgan fingerprint density at radius 1 is 1.62 bits per heavy atom. The van der Waals surface area contributed by atoms with Crippen molar-refractivity contribution < 1.29 is 4.74 Å². The molecule has 1 heterocycles. The van der Waals surface area contributed by atoms with Gasteiger partial charge in [0.05, 0.1) is 6.61 Å². The van der Waals surface area contributed by atoms with Crippen molar-refractivity contribution in [1.82, 2.24) is 5.32 Å². The van der Waals surface area contributed by atoms with Crippen LogP contribution in [0.3, 0.4) is 0 Å². The van der Waals surface area contributed by atoms with E-state index in [9.17, 15) is 0 Å². The maximum atomic E-state index is 5.21. The zero-order valence-corrected chi connectivity index (χ0v) is 5.31. The lowest BCUT2D eigenvalue weighted by atomic mass is 10.1. The molecule has 2 nitrogen and oxygen atoms in total. The molecular formula is C6H13NO. The Hall–Kier alpha value is -0.0800. The molecule has 0 aliphatic carbocycles. The van der Waals surface area contributed by atoms with Gasteiger partial charge in [-0.2, -0.15) is 0 Å². The lowest BCUT2D eigenvalue weighted by Crippen LogP contribution is -2.33. The molecule has 0 bridgehead atoms. The van der Waals surface area contributed by atoms with E-state index in [-0.39, 0.29) is 0 Å². The molecule has 1 rings (SSSR count). The van der Waals surface area contributed by atoms with E-state index >= 15 is 0 Å². The summed E-state index contributed by atoms with van der Waals surface area (Å²) in [6.07, 6.45) is 2.49. The summed E-state index contributed by atoms with van der Waals surface area (Å²) in [6.45, 7) is 1.86. The van der Waals surface area contributed by atoms with Gasteiger partial charge in [-0.15, -0.1) is 0 Å². The van der Waals surface area contributed by atoms with Crippen LogP contribution in [0.25, 0.3) is 0 Å². The van der Waals surface area contributed by atoms with Crippen molar-refractivity contribution in [2.24, 2.45) is 0 Å². The fourth-order valence-electron chi connectivity index (χ4n) is 0.968. The zero-order valence-electron chi connectivity index (χ0n) is 5.31. The van der Waals surface area contributed by atoms with Crippen molar-refractivity contribution in [2.45, 2.75) is 18.9 Å². The average Bonchev–Trinajstić information content (AvgIpc) is 1.90. The Labute approximate surface area is 50.2 Å². The molecule has 0 aromatic heterocycles. The van der Waals surface area contributed by atoms with E-state index in [4.69, 9.17) is 4.74 Å². The largest absolute Gasteiger partial charge is 0.380 e. The second-order valence-electron chi connectivity index (χ2n) is 2.20. The summed E-state index contributed by atoms with van der Waals surface area (Å²) in [4.78, 5) is 0. The van der Waals surface area contributed by atoms with Crippen molar-refractivity contribution >= 4 is 0 Å². The molecule has 8 heavy (non-hydrogen) atoms. The molecule has 0 aromatic rings. The molecule has 1 N–H and O–H groups in total. The average molecular weight is 115 g/mol. The van der Waals surface area contributed by atoms with E-state index in [1.807, 2.05) is 7.05 Å². The van der Waals surface area contributed by atoms with E-state index in [1.165, 1.54) is 12.8 Å². The quantitative estimate of drug-likeness (QED) is 0.533. The monoisotopic (exact) mass is 115 g/mol. The first-order valence-electron chi connectivity index (χ1n) is 3.18. The molecule has 1 fully saturated rings. The van der Waals surface area contributed by atoms with Gasteiger partial charge in [-0.3, -0.25) is 0 Å². The number of hydrogen-bond acceptors (Lipinski definition) is 2. The van der Waals surface area contributed by atoms with Gasteiger partial charge in [-0.25, -0.2) is 0 Å². The summed E-state index contributed by atoms with van der Waals surface area (Å²) in [5.74, 6) is 0. The van der Waals surface area contributed by atoms with Crippen LogP contribution in [0.15, 0.2) is 0 Å². The van der Waals surface area contributed by atoms with Gasteiger partial charge in [0, 0.05) is 12.6 Å². The SMILES string of the molecule is CNC1CCCOC1. The number of likely N-dealkylation sites (N-methyl/N-ethyl adjacent to an activating group) is 1. The van der Waals surface area contributed by atoms with Crippen LogP contribution in [0.1, 0.15) is 12.8 Å². The third-order valence-electron chi connectivity index (χ3n) is 1.57. The minimum absolute atomic E-state index is 0.615. The predicted molar refractivity (Wildman–Crippen MR) is 32.9 cm³/mol. The van der Waals surface area contributed by atoms with Gasteiger partial charge in [-0.1, -0.05) is 0 Å². The predicted octanol–water partition coefficient (Wildman–Crippen LogP) is 0.385. The Kier molecular flexibility index (Phi) is 2.30. The molecular weight excluding hydrogens is 102 g/mol. The van der Waals surface area contributed by atoms with Gasteiger partial charge in [0.15, 0.2) is 0 Å². The van der Waals surface area contributed by atoms with Crippen LogP contribution in [-0.2, 0) is 4.74 Å². The van der Waals surface area contributed by atoms with Crippen molar-refractivity contribution in [2.75, 3.05) is 20.3 Å². The fraction of sp³-hybridized carbons (Fsp3) is 1.00. The van der Waals surface area contributed by atoms with E-state index in [0.29, 0.717) is 6.04 Å².